The van der Waals surface area contributed by atoms with E-state index in [0.29, 0.717) is 10.6 Å². The Balaban J connectivity index is 1.70. The molecule has 2 N–H and O–H groups in total. The van der Waals surface area contributed by atoms with E-state index in [4.69, 9.17) is 4.74 Å². The maximum Gasteiger partial charge on any atom is 0.341 e. The van der Waals surface area contributed by atoms with E-state index >= 15 is 0 Å². The molecule has 164 valence electrons. The molecule has 1 heterocycles. The van der Waals surface area contributed by atoms with Gasteiger partial charge < -0.3 is 15.2 Å². The van der Waals surface area contributed by atoms with Crippen molar-refractivity contribution in [2.24, 2.45) is 23.7 Å². The number of carbonyl (C=O) groups is 3. The second-order valence-electron chi connectivity index (χ2n) is 8.65. The Labute approximate surface area is 185 Å². The molecule has 0 aliphatic heterocycles. The number of esters is 1. The van der Waals surface area contributed by atoms with Crippen LogP contribution in [0.25, 0.3) is 11.1 Å². The fourth-order valence-electron chi connectivity index (χ4n) is 5.37. The van der Waals surface area contributed by atoms with Crippen LogP contribution < -0.4 is 5.32 Å². The van der Waals surface area contributed by atoms with Crippen LogP contribution in [0.3, 0.4) is 0 Å². The van der Waals surface area contributed by atoms with Crippen molar-refractivity contribution >= 4 is 34.2 Å². The van der Waals surface area contributed by atoms with Gasteiger partial charge in [0.2, 0.25) is 5.91 Å². The summed E-state index contributed by atoms with van der Waals surface area (Å²) in [5.74, 6) is -2.83. The average molecular weight is 442 g/mol. The predicted octanol–water partition coefficient (Wildman–Crippen LogP) is 4.89. The number of aliphatic carboxylic acids is 1. The molecule has 5 rings (SSSR count). The molecule has 2 bridgehead atoms. The van der Waals surface area contributed by atoms with Crippen LogP contribution in [0.1, 0.15) is 46.5 Å². The smallest absolute Gasteiger partial charge is 0.341 e. The van der Waals surface area contributed by atoms with Gasteiger partial charge in [-0.2, -0.15) is 0 Å². The minimum Gasteiger partial charge on any atom is -0.481 e. The van der Waals surface area contributed by atoms with Crippen molar-refractivity contribution < 1.29 is 24.2 Å². The highest BCUT2D eigenvalue weighted by Gasteiger charge is 2.50. The molecule has 1 amide bonds. The molecule has 31 heavy (non-hydrogen) atoms. The van der Waals surface area contributed by atoms with Crippen LogP contribution in [0.5, 0.6) is 0 Å². The Morgan fingerprint density at radius 3 is 2.13 bits per heavy atom. The van der Waals surface area contributed by atoms with Gasteiger partial charge in [0.05, 0.1) is 18.9 Å². The molecule has 0 spiro atoms. The summed E-state index contributed by atoms with van der Waals surface area (Å²) in [6.45, 7) is 3.90. The number of hydrogen-bond donors (Lipinski definition) is 2. The fourth-order valence-corrected chi connectivity index (χ4v) is 6.44. The van der Waals surface area contributed by atoms with Crippen LogP contribution in [-0.2, 0) is 14.3 Å². The number of nitrogens with one attached hydrogen (secondary N) is 1. The minimum atomic E-state index is -0.898. The first-order chi connectivity index (χ1) is 14.8. The Kier molecular flexibility index (Phi) is 5.88. The molecule has 1 aromatic heterocycles. The molecule has 0 unspecified atom stereocenters. The van der Waals surface area contributed by atoms with E-state index in [-0.39, 0.29) is 17.7 Å². The maximum absolute atomic E-state index is 13.3. The van der Waals surface area contributed by atoms with Gasteiger partial charge >= 0.3 is 11.9 Å². The van der Waals surface area contributed by atoms with E-state index < -0.39 is 23.8 Å². The molecule has 2 aromatic rings. The first-order valence-electron chi connectivity index (χ1n) is 10.6. The number of carbonyl (C=O) groups excluding carboxylic acids is 2. The highest BCUT2D eigenvalue weighted by atomic mass is 32.1. The topological polar surface area (TPSA) is 92.7 Å². The van der Waals surface area contributed by atoms with Gasteiger partial charge in [-0.15, -0.1) is 11.3 Å². The Hall–Kier alpha value is -2.67. The number of aryl methyl sites for hydroxylation is 2. The normalized spacial score (nSPS) is 24.6. The number of fused-ring (bicyclic) bond motifs is 3. The monoisotopic (exact) mass is 441 g/mol. The summed E-state index contributed by atoms with van der Waals surface area (Å²) in [4.78, 5) is 38.9. The molecule has 3 saturated carbocycles. The number of benzene rings is 1. The fraction of sp³-hybridized carbons (Fsp3) is 0.458. The van der Waals surface area contributed by atoms with Crippen molar-refractivity contribution in [3.05, 3.63) is 40.3 Å². The summed E-state index contributed by atoms with van der Waals surface area (Å²) < 4.78 is 5.03. The van der Waals surface area contributed by atoms with Gasteiger partial charge in [0.25, 0.3) is 0 Å². The predicted molar refractivity (Wildman–Crippen MR) is 119 cm³/mol. The number of thiophene rings is 1. The number of ether oxygens (including phenoxy) is 1. The lowest BCUT2D eigenvalue weighted by molar-refractivity contribution is -0.156. The van der Waals surface area contributed by atoms with Crippen LogP contribution in [0.15, 0.2) is 24.3 Å². The number of methoxy groups -OCH3 is 1. The summed E-state index contributed by atoms with van der Waals surface area (Å²) in [6, 6.07) is 7.84. The Morgan fingerprint density at radius 1 is 1.00 bits per heavy atom. The van der Waals surface area contributed by atoms with Gasteiger partial charge in [0.15, 0.2) is 0 Å². The second kappa shape index (κ2) is 8.46. The average Bonchev–Trinajstić information content (AvgIpc) is 3.09. The zero-order valence-corrected chi connectivity index (χ0v) is 18.8. The summed E-state index contributed by atoms with van der Waals surface area (Å²) in [5.41, 5.74) is 3.05. The molecule has 3 aliphatic rings. The third-order valence-corrected chi connectivity index (χ3v) is 7.88. The molecule has 0 saturated heterocycles. The van der Waals surface area contributed by atoms with E-state index in [1.807, 2.05) is 38.1 Å². The van der Waals surface area contributed by atoms with Crippen molar-refractivity contribution in [2.45, 2.75) is 39.5 Å². The number of anilines is 1. The molecule has 1 aromatic carbocycles. The lowest BCUT2D eigenvalue weighted by Gasteiger charge is -2.45. The highest BCUT2D eigenvalue weighted by Crippen LogP contribution is 2.50. The van der Waals surface area contributed by atoms with E-state index in [0.717, 1.165) is 47.3 Å². The number of carboxylic acid groups (broad SMARTS) is 1. The third-order valence-electron chi connectivity index (χ3n) is 6.86. The van der Waals surface area contributed by atoms with Crippen molar-refractivity contribution in [3.8, 4) is 11.1 Å². The van der Waals surface area contributed by atoms with Crippen LogP contribution in [-0.4, -0.2) is 30.1 Å². The molecular weight excluding hydrogens is 414 g/mol. The van der Waals surface area contributed by atoms with Gasteiger partial charge in [0, 0.05) is 10.4 Å². The molecule has 7 heteroatoms. The molecule has 3 aliphatic carbocycles. The number of hydrogen-bond acceptors (Lipinski definition) is 5. The largest absolute Gasteiger partial charge is 0.481 e. The van der Waals surface area contributed by atoms with Crippen LogP contribution in [0.4, 0.5) is 5.00 Å². The molecule has 0 radical (unpaired) electrons. The molecular formula is C24H27NO5S. The maximum atomic E-state index is 13.3. The summed E-state index contributed by atoms with van der Waals surface area (Å²) >= 11 is 1.33. The lowest BCUT2D eigenvalue weighted by atomic mass is 9.58. The SMILES string of the molecule is COC(=O)c1c(NC(=O)[C@@H]2C3CCC(CC3)[C@H]2C(=O)O)sc(C)c1-c1ccc(C)cc1. The van der Waals surface area contributed by atoms with Gasteiger partial charge in [-0.3, -0.25) is 9.59 Å². The minimum absolute atomic E-state index is 0.0477. The van der Waals surface area contributed by atoms with Crippen LogP contribution in [0, 0.1) is 37.5 Å². The second-order valence-corrected chi connectivity index (χ2v) is 9.87. The van der Waals surface area contributed by atoms with Crippen molar-refractivity contribution in [3.63, 3.8) is 0 Å². The van der Waals surface area contributed by atoms with Crippen LogP contribution in [0.2, 0.25) is 0 Å². The van der Waals surface area contributed by atoms with Gasteiger partial charge in [-0.1, -0.05) is 29.8 Å². The zero-order chi connectivity index (χ0) is 22.3. The Bertz CT molecular complexity index is 1020. The lowest BCUT2D eigenvalue weighted by Crippen LogP contribution is -2.49. The quantitative estimate of drug-likeness (QED) is 0.644. The Morgan fingerprint density at radius 2 is 1.58 bits per heavy atom. The van der Waals surface area contributed by atoms with E-state index in [2.05, 4.69) is 5.32 Å². The van der Waals surface area contributed by atoms with Gasteiger partial charge in [-0.05, 0) is 56.9 Å². The zero-order valence-electron chi connectivity index (χ0n) is 17.9. The van der Waals surface area contributed by atoms with E-state index in [1.54, 1.807) is 0 Å². The first-order valence-corrected chi connectivity index (χ1v) is 11.5. The molecule has 3 fully saturated rings. The van der Waals surface area contributed by atoms with Crippen molar-refractivity contribution in [2.75, 3.05) is 12.4 Å². The van der Waals surface area contributed by atoms with Crippen molar-refractivity contribution in [1.82, 2.24) is 0 Å². The van der Waals surface area contributed by atoms with E-state index in [1.165, 1.54) is 18.4 Å². The third kappa shape index (κ3) is 3.87. The summed E-state index contributed by atoms with van der Waals surface area (Å²) in [7, 11) is 1.32. The van der Waals surface area contributed by atoms with Crippen molar-refractivity contribution in [1.29, 1.82) is 0 Å². The highest BCUT2D eigenvalue weighted by molar-refractivity contribution is 7.17. The standard InChI is InChI=1S/C24H27NO5S/c1-12-4-6-14(7-5-12)17-13(2)31-22(20(17)24(29)30-3)25-21(26)18-15-8-10-16(11-9-15)19(18)23(27)28/h4-7,15-16,18-19H,8-11H2,1-3H3,(H,25,26)(H,27,28)/t15?,16?,18-,19-/m1/s1. The van der Waals surface area contributed by atoms with Gasteiger partial charge in [0.1, 0.15) is 10.6 Å². The summed E-state index contributed by atoms with van der Waals surface area (Å²) in [5, 5.41) is 13.1. The summed E-state index contributed by atoms with van der Waals surface area (Å²) in [6.07, 6.45) is 3.51. The van der Waals surface area contributed by atoms with Crippen LogP contribution >= 0.6 is 11.3 Å². The number of rotatable bonds is 5. The van der Waals surface area contributed by atoms with Gasteiger partial charge in [-0.25, -0.2) is 4.79 Å². The first kappa shape index (κ1) is 21.6. The molecule has 6 nitrogen and oxygen atoms in total. The number of carboxylic acids is 1. The number of amides is 1. The van der Waals surface area contributed by atoms with E-state index in [9.17, 15) is 19.5 Å². The molecule has 2 atom stereocenters.